The zero-order valence-corrected chi connectivity index (χ0v) is 17.7. The third-order valence-corrected chi connectivity index (χ3v) is 4.28. The van der Waals surface area contributed by atoms with Crippen LogP contribution >= 0.6 is 0 Å². The highest BCUT2D eigenvalue weighted by atomic mass is 16.6. The third kappa shape index (κ3) is 4.30. The molecular formula is C22H22N6O3. The Kier molecular flexibility index (Phi) is 5.24. The van der Waals surface area contributed by atoms with Gasteiger partial charge < -0.3 is 14.8 Å². The molecule has 0 aliphatic rings. The molecule has 0 aliphatic carbocycles. The summed E-state index contributed by atoms with van der Waals surface area (Å²) < 4.78 is 12.1. The molecule has 3 aromatic heterocycles. The average molecular weight is 418 g/mol. The highest BCUT2D eigenvalue weighted by Crippen LogP contribution is 2.30. The Hall–Kier alpha value is -4.01. The van der Waals surface area contributed by atoms with Gasteiger partial charge in [0.2, 0.25) is 0 Å². The van der Waals surface area contributed by atoms with Crippen LogP contribution in [0.25, 0.3) is 22.4 Å². The number of hydrogen-bond donors (Lipinski definition) is 1. The number of ether oxygens (including phenoxy) is 2. The number of nitrogens with one attached hydrogen (secondary N) is 1. The second-order valence-corrected chi connectivity index (χ2v) is 7.73. The Balaban J connectivity index is 1.80. The van der Waals surface area contributed by atoms with Crippen LogP contribution in [0.5, 0.6) is 5.75 Å². The minimum absolute atomic E-state index is 0.343. The molecular weight excluding hydrogens is 396 g/mol. The topological polar surface area (TPSA) is 104 Å². The lowest BCUT2D eigenvalue weighted by Gasteiger charge is -2.19. The summed E-state index contributed by atoms with van der Waals surface area (Å²) in [5.41, 5.74) is 1.21. The van der Waals surface area contributed by atoms with Crippen molar-refractivity contribution in [2.45, 2.75) is 26.4 Å². The van der Waals surface area contributed by atoms with E-state index in [-0.39, 0.29) is 0 Å². The van der Waals surface area contributed by atoms with Gasteiger partial charge in [0, 0.05) is 23.5 Å². The highest BCUT2D eigenvalue weighted by Gasteiger charge is 2.24. The number of hydrogen-bond acceptors (Lipinski definition) is 8. The summed E-state index contributed by atoms with van der Waals surface area (Å²) in [6.07, 6.45) is 4.34. The number of aromatic nitrogens is 5. The van der Waals surface area contributed by atoms with E-state index in [1.54, 1.807) is 52.5 Å². The monoisotopic (exact) mass is 418 g/mol. The SMILES string of the molecule is COc1cnc(-c2nn(C(=O)OC(C)(C)C)c3ccccc23)nc1Nc1ccncc1. The van der Waals surface area contributed by atoms with Crippen LogP contribution in [0.15, 0.2) is 55.0 Å². The van der Waals surface area contributed by atoms with Crippen molar-refractivity contribution in [2.75, 3.05) is 12.4 Å². The molecule has 31 heavy (non-hydrogen) atoms. The van der Waals surface area contributed by atoms with Gasteiger partial charge in [-0.3, -0.25) is 4.98 Å². The maximum atomic E-state index is 12.7. The fourth-order valence-corrected chi connectivity index (χ4v) is 2.97. The first kappa shape index (κ1) is 20.3. The number of fused-ring (bicyclic) bond motifs is 1. The minimum Gasteiger partial charge on any atom is -0.491 e. The predicted molar refractivity (Wildman–Crippen MR) is 116 cm³/mol. The molecule has 0 saturated heterocycles. The summed E-state index contributed by atoms with van der Waals surface area (Å²) in [4.78, 5) is 25.8. The predicted octanol–water partition coefficient (Wildman–Crippen LogP) is 4.42. The molecule has 9 nitrogen and oxygen atoms in total. The van der Waals surface area contributed by atoms with Crippen molar-refractivity contribution in [1.82, 2.24) is 24.7 Å². The van der Waals surface area contributed by atoms with Crippen molar-refractivity contribution < 1.29 is 14.3 Å². The number of pyridine rings is 1. The van der Waals surface area contributed by atoms with E-state index < -0.39 is 11.7 Å². The highest BCUT2D eigenvalue weighted by molar-refractivity contribution is 5.96. The quantitative estimate of drug-likeness (QED) is 0.519. The first-order valence-electron chi connectivity index (χ1n) is 9.65. The van der Waals surface area contributed by atoms with E-state index in [2.05, 4.69) is 25.4 Å². The van der Waals surface area contributed by atoms with Gasteiger partial charge >= 0.3 is 6.09 Å². The smallest absolute Gasteiger partial charge is 0.435 e. The standard InChI is InChI=1S/C22H22N6O3/c1-22(2,3)31-21(29)28-16-8-6-5-7-15(16)18(27-28)20-24-13-17(30-4)19(26-20)25-14-9-11-23-12-10-14/h5-13H,1-4H3,(H,23,24,25,26). The molecule has 158 valence electrons. The number of para-hydroxylation sites is 1. The Morgan fingerprint density at radius 2 is 1.84 bits per heavy atom. The fourth-order valence-electron chi connectivity index (χ4n) is 2.97. The van der Waals surface area contributed by atoms with E-state index in [4.69, 9.17) is 9.47 Å². The van der Waals surface area contributed by atoms with E-state index in [0.29, 0.717) is 28.6 Å². The molecule has 0 amide bonds. The molecule has 0 radical (unpaired) electrons. The van der Waals surface area contributed by atoms with Crippen molar-refractivity contribution in [3.63, 3.8) is 0 Å². The first-order chi connectivity index (χ1) is 14.9. The van der Waals surface area contributed by atoms with Gasteiger partial charge in [-0.1, -0.05) is 18.2 Å². The van der Waals surface area contributed by atoms with Crippen LogP contribution in [0.3, 0.4) is 0 Å². The molecule has 4 aromatic rings. The van der Waals surface area contributed by atoms with Crippen molar-refractivity contribution in [1.29, 1.82) is 0 Å². The Morgan fingerprint density at radius 3 is 2.55 bits per heavy atom. The van der Waals surface area contributed by atoms with Gasteiger partial charge in [0.1, 0.15) is 11.3 Å². The second-order valence-electron chi connectivity index (χ2n) is 7.73. The molecule has 0 unspecified atom stereocenters. The number of methoxy groups -OCH3 is 1. The lowest BCUT2D eigenvalue weighted by Crippen LogP contribution is -2.27. The summed E-state index contributed by atoms with van der Waals surface area (Å²) in [5.74, 6) is 1.28. The summed E-state index contributed by atoms with van der Waals surface area (Å²) in [6.45, 7) is 5.42. The maximum Gasteiger partial charge on any atom is 0.435 e. The zero-order valence-electron chi connectivity index (χ0n) is 17.7. The third-order valence-electron chi connectivity index (χ3n) is 4.28. The lowest BCUT2D eigenvalue weighted by molar-refractivity contribution is 0.0523. The van der Waals surface area contributed by atoms with Gasteiger partial charge in [0.05, 0.1) is 18.8 Å². The zero-order chi connectivity index (χ0) is 22.0. The molecule has 4 rings (SSSR count). The van der Waals surface area contributed by atoms with Crippen molar-refractivity contribution in [2.24, 2.45) is 0 Å². The Morgan fingerprint density at radius 1 is 1.10 bits per heavy atom. The lowest BCUT2D eigenvalue weighted by atomic mass is 10.2. The number of rotatable bonds is 4. The van der Waals surface area contributed by atoms with Crippen molar-refractivity contribution in [3.8, 4) is 17.3 Å². The van der Waals surface area contributed by atoms with Gasteiger partial charge in [0.25, 0.3) is 0 Å². The number of carbonyl (C=O) groups excluding carboxylic acids is 1. The maximum absolute atomic E-state index is 12.7. The van der Waals surface area contributed by atoms with Crippen LogP contribution in [0.2, 0.25) is 0 Å². The Labute approximate surface area is 179 Å². The largest absolute Gasteiger partial charge is 0.491 e. The van der Waals surface area contributed by atoms with Gasteiger partial charge in [0.15, 0.2) is 17.4 Å². The number of carbonyl (C=O) groups is 1. The van der Waals surface area contributed by atoms with Crippen LogP contribution in [0, 0.1) is 0 Å². The van der Waals surface area contributed by atoms with E-state index in [1.807, 2.05) is 30.3 Å². The minimum atomic E-state index is -0.650. The van der Waals surface area contributed by atoms with Crippen LogP contribution in [0.1, 0.15) is 20.8 Å². The van der Waals surface area contributed by atoms with Crippen LogP contribution in [-0.2, 0) is 4.74 Å². The number of anilines is 2. The molecule has 0 bridgehead atoms. The number of nitrogens with zero attached hydrogens (tertiary/aromatic N) is 5. The molecule has 1 aromatic carbocycles. The van der Waals surface area contributed by atoms with Gasteiger partial charge in [-0.25, -0.2) is 14.8 Å². The van der Waals surface area contributed by atoms with Crippen LogP contribution < -0.4 is 10.1 Å². The molecule has 0 atom stereocenters. The normalized spacial score (nSPS) is 11.4. The molecule has 0 spiro atoms. The summed E-state index contributed by atoms with van der Waals surface area (Å²) in [6, 6.07) is 11.0. The summed E-state index contributed by atoms with van der Waals surface area (Å²) >= 11 is 0. The number of benzene rings is 1. The van der Waals surface area contributed by atoms with E-state index >= 15 is 0 Å². The molecule has 0 fully saturated rings. The summed E-state index contributed by atoms with van der Waals surface area (Å²) in [5, 5.41) is 8.42. The van der Waals surface area contributed by atoms with Crippen molar-refractivity contribution >= 4 is 28.5 Å². The van der Waals surface area contributed by atoms with Gasteiger partial charge in [-0.2, -0.15) is 9.78 Å². The summed E-state index contributed by atoms with van der Waals surface area (Å²) in [7, 11) is 1.54. The van der Waals surface area contributed by atoms with E-state index in [1.165, 1.54) is 4.68 Å². The molecule has 9 heteroatoms. The van der Waals surface area contributed by atoms with Gasteiger partial charge in [-0.15, -0.1) is 0 Å². The molecule has 1 N–H and O–H groups in total. The second kappa shape index (κ2) is 8.02. The first-order valence-corrected chi connectivity index (χ1v) is 9.65. The average Bonchev–Trinajstić information content (AvgIpc) is 3.13. The van der Waals surface area contributed by atoms with Crippen LogP contribution in [0.4, 0.5) is 16.3 Å². The molecule has 0 saturated carbocycles. The molecule has 3 heterocycles. The molecule has 0 aliphatic heterocycles. The van der Waals surface area contributed by atoms with E-state index in [0.717, 1.165) is 11.1 Å². The van der Waals surface area contributed by atoms with Crippen LogP contribution in [-0.4, -0.2) is 43.5 Å². The fraction of sp³-hybridized carbons (Fsp3) is 0.227. The van der Waals surface area contributed by atoms with Gasteiger partial charge in [-0.05, 0) is 39.0 Å². The van der Waals surface area contributed by atoms with E-state index in [9.17, 15) is 4.79 Å². The Bertz CT molecular complexity index is 1230. The van der Waals surface area contributed by atoms with Crippen molar-refractivity contribution in [3.05, 3.63) is 55.0 Å².